The van der Waals surface area contributed by atoms with Gasteiger partial charge in [-0.05, 0) is 69.8 Å². The van der Waals surface area contributed by atoms with Gasteiger partial charge in [0, 0.05) is 50.2 Å². The van der Waals surface area contributed by atoms with Gasteiger partial charge >= 0.3 is 6.01 Å². The number of likely N-dealkylation sites (tertiary alicyclic amines) is 1. The zero-order valence-corrected chi connectivity index (χ0v) is 25.2. The summed E-state index contributed by atoms with van der Waals surface area (Å²) in [6, 6.07) is 9.37. The Hall–Kier alpha value is -3.35. The van der Waals surface area contributed by atoms with E-state index in [1.165, 1.54) is 23.7 Å². The highest BCUT2D eigenvalue weighted by Crippen LogP contribution is 2.40. The van der Waals surface area contributed by atoms with Gasteiger partial charge in [0.05, 0.1) is 34.9 Å². The van der Waals surface area contributed by atoms with Crippen molar-refractivity contribution in [2.45, 2.75) is 69.5 Å². The van der Waals surface area contributed by atoms with E-state index in [0.717, 1.165) is 73.7 Å². The normalized spacial score (nSPS) is 24.1. The van der Waals surface area contributed by atoms with Gasteiger partial charge in [-0.15, -0.1) is 0 Å². The number of ether oxygens (including phenoxy) is 1. The SMILES string of the molecule is C=CC(=O)N1CCN(c2nc(OCC3CCCN3C)nc3c2CCC(N2CCCc4cccc(Cl)c42)C3)CC1CC#N. The van der Waals surface area contributed by atoms with Gasteiger partial charge in [0.2, 0.25) is 5.91 Å². The lowest BCUT2D eigenvalue weighted by Gasteiger charge is -2.43. The van der Waals surface area contributed by atoms with E-state index in [1.54, 1.807) is 4.90 Å². The molecule has 0 N–H and O–H groups in total. The highest BCUT2D eigenvalue weighted by Gasteiger charge is 2.36. The molecule has 1 aromatic carbocycles. The van der Waals surface area contributed by atoms with Gasteiger partial charge in [-0.1, -0.05) is 30.3 Å². The number of fused-ring (bicyclic) bond motifs is 2. The first-order chi connectivity index (χ1) is 20.5. The Balaban J connectivity index is 1.31. The highest BCUT2D eigenvalue weighted by molar-refractivity contribution is 6.33. The number of halogens is 1. The number of nitriles is 1. The first kappa shape index (κ1) is 28.8. The standard InChI is InChI=1S/C32H40ClN7O2/c1-3-29(41)39-18-17-38(20-24(39)13-14-34)31-26-12-11-23(40-16-5-8-22-7-4-10-27(33)30(22)40)19-28(26)35-32(36-31)42-21-25-9-6-15-37(25)2/h3-4,7,10,23-25H,1,5-6,8-9,11-13,15-21H2,2H3. The first-order valence-electron chi connectivity index (χ1n) is 15.3. The van der Waals surface area contributed by atoms with Gasteiger partial charge in [-0.25, -0.2) is 0 Å². The Morgan fingerprint density at radius 3 is 2.83 bits per heavy atom. The lowest BCUT2D eigenvalue weighted by atomic mass is 9.88. The highest BCUT2D eigenvalue weighted by atomic mass is 35.5. The number of hydrogen-bond donors (Lipinski definition) is 0. The fourth-order valence-corrected chi connectivity index (χ4v) is 7.55. The van der Waals surface area contributed by atoms with E-state index < -0.39 is 0 Å². The molecule has 4 heterocycles. The van der Waals surface area contributed by atoms with Crippen LogP contribution in [0.4, 0.5) is 11.5 Å². The number of likely N-dealkylation sites (N-methyl/N-ethyl adjacent to an activating group) is 1. The number of hydrogen-bond acceptors (Lipinski definition) is 8. The van der Waals surface area contributed by atoms with E-state index in [4.69, 9.17) is 26.3 Å². The molecule has 1 aliphatic carbocycles. The molecule has 2 fully saturated rings. The lowest BCUT2D eigenvalue weighted by molar-refractivity contribution is -0.128. The van der Waals surface area contributed by atoms with E-state index in [0.29, 0.717) is 44.3 Å². The maximum atomic E-state index is 12.5. The second-order valence-electron chi connectivity index (χ2n) is 12.0. The largest absolute Gasteiger partial charge is 0.462 e. The molecule has 4 aliphatic rings. The van der Waals surface area contributed by atoms with Gasteiger partial charge in [0.1, 0.15) is 12.4 Å². The summed E-state index contributed by atoms with van der Waals surface area (Å²) in [7, 11) is 2.14. The van der Waals surface area contributed by atoms with Crippen LogP contribution in [0.2, 0.25) is 5.02 Å². The second-order valence-corrected chi connectivity index (χ2v) is 12.4. The number of rotatable bonds is 7. The maximum absolute atomic E-state index is 12.5. The van der Waals surface area contributed by atoms with Gasteiger partial charge < -0.3 is 24.3 Å². The zero-order valence-electron chi connectivity index (χ0n) is 24.5. The van der Waals surface area contributed by atoms with E-state index in [9.17, 15) is 10.1 Å². The predicted molar refractivity (Wildman–Crippen MR) is 164 cm³/mol. The molecule has 0 bridgehead atoms. The van der Waals surface area contributed by atoms with Crippen LogP contribution in [0.3, 0.4) is 0 Å². The number of carbonyl (C=O) groups excluding carboxylic acids is 1. The van der Waals surface area contributed by atoms with E-state index in [2.05, 4.69) is 40.5 Å². The van der Waals surface area contributed by atoms with Crippen molar-refractivity contribution < 1.29 is 9.53 Å². The molecule has 1 amide bonds. The topological polar surface area (TPSA) is 88.8 Å². The summed E-state index contributed by atoms with van der Waals surface area (Å²) in [5.74, 6) is 0.756. The molecule has 6 rings (SSSR count). The number of anilines is 2. The summed E-state index contributed by atoms with van der Waals surface area (Å²) in [6.07, 6.45) is 8.69. The number of amides is 1. The van der Waals surface area contributed by atoms with Crippen LogP contribution in [0.25, 0.3) is 0 Å². The smallest absolute Gasteiger partial charge is 0.318 e. The molecule has 3 atom stereocenters. The summed E-state index contributed by atoms with van der Waals surface area (Å²) >= 11 is 6.75. The van der Waals surface area contributed by atoms with E-state index >= 15 is 0 Å². The number of benzene rings is 1. The molecule has 42 heavy (non-hydrogen) atoms. The van der Waals surface area contributed by atoms with Crippen molar-refractivity contribution in [1.82, 2.24) is 19.8 Å². The van der Waals surface area contributed by atoms with Gasteiger partial charge in [-0.3, -0.25) is 4.79 Å². The number of carbonyl (C=O) groups is 1. The quantitative estimate of drug-likeness (QED) is 0.447. The van der Waals surface area contributed by atoms with Crippen LogP contribution < -0.4 is 14.5 Å². The Labute approximate surface area is 253 Å². The summed E-state index contributed by atoms with van der Waals surface area (Å²) in [5.41, 5.74) is 4.69. The Morgan fingerprint density at radius 1 is 1.17 bits per heavy atom. The van der Waals surface area contributed by atoms with Crippen LogP contribution in [0.15, 0.2) is 30.9 Å². The minimum atomic E-state index is -0.222. The molecule has 2 saturated heterocycles. The first-order valence-corrected chi connectivity index (χ1v) is 15.7. The molecule has 0 radical (unpaired) electrons. The number of aromatic nitrogens is 2. The van der Waals surface area contributed by atoms with Crippen LogP contribution in [0.5, 0.6) is 6.01 Å². The Morgan fingerprint density at radius 2 is 2.05 bits per heavy atom. The summed E-state index contributed by atoms with van der Waals surface area (Å²) in [5, 5.41) is 10.3. The Kier molecular flexibility index (Phi) is 8.55. The molecule has 9 nitrogen and oxygen atoms in total. The molecule has 10 heteroatoms. The molecular weight excluding hydrogens is 550 g/mol. The van der Waals surface area contributed by atoms with Crippen molar-refractivity contribution in [2.24, 2.45) is 0 Å². The molecule has 3 aliphatic heterocycles. The van der Waals surface area contributed by atoms with Gasteiger partial charge in [0.15, 0.2) is 0 Å². The fourth-order valence-electron chi connectivity index (χ4n) is 7.24. The van der Waals surface area contributed by atoms with Crippen molar-refractivity contribution in [3.8, 4) is 12.1 Å². The van der Waals surface area contributed by atoms with Gasteiger partial charge in [-0.2, -0.15) is 15.2 Å². The average molecular weight is 590 g/mol. The van der Waals surface area contributed by atoms with Crippen molar-refractivity contribution in [1.29, 1.82) is 5.26 Å². The molecule has 1 aromatic heterocycles. The minimum absolute atomic E-state index is 0.132. The van der Waals surface area contributed by atoms with Crippen molar-refractivity contribution in [3.05, 3.63) is 52.7 Å². The zero-order chi connectivity index (χ0) is 29.2. The number of para-hydroxylation sites is 1. The van der Waals surface area contributed by atoms with Crippen LogP contribution in [0.1, 0.15) is 48.9 Å². The van der Waals surface area contributed by atoms with Crippen molar-refractivity contribution in [3.63, 3.8) is 0 Å². The average Bonchev–Trinajstić information content (AvgIpc) is 3.43. The van der Waals surface area contributed by atoms with Crippen molar-refractivity contribution >= 4 is 29.0 Å². The van der Waals surface area contributed by atoms with E-state index in [-0.39, 0.29) is 18.4 Å². The lowest BCUT2D eigenvalue weighted by Crippen LogP contribution is -2.55. The molecular formula is C32H40ClN7O2. The third kappa shape index (κ3) is 5.67. The second kappa shape index (κ2) is 12.5. The molecule has 2 aromatic rings. The summed E-state index contributed by atoms with van der Waals surface area (Å²) < 4.78 is 6.31. The third-order valence-corrected chi connectivity index (χ3v) is 9.80. The number of aryl methyl sites for hydroxylation is 1. The molecule has 222 valence electrons. The maximum Gasteiger partial charge on any atom is 0.318 e. The minimum Gasteiger partial charge on any atom is -0.462 e. The van der Waals surface area contributed by atoms with Crippen molar-refractivity contribution in [2.75, 3.05) is 56.2 Å². The van der Waals surface area contributed by atoms with Gasteiger partial charge in [0.25, 0.3) is 0 Å². The van der Waals surface area contributed by atoms with E-state index in [1.807, 2.05) is 12.1 Å². The van der Waals surface area contributed by atoms with Crippen LogP contribution in [0, 0.1) is 11.3 Å². The Bertz CT molecular complexity index is 1380. The fraction of sp³-hybridized carbons (Fsp3) is 0.562. The third-order valence-electron chi connectivity index (χ3n) is 9.49. The van der Waals surface area contributed by atoms with Crippen LogP contribution in [-0.2, 0) is 24.1 Å². The van der Waals surface area contributed by atoms with Crippen LogP contribution >= 0.6 is 11.6 Å². The monoisotopic (exact) mass is 589 g/mol. The molecule has 0 spiro atoms. The van der Waals surface area contributed by atoms with Crippen LogP contribution in [-0.4, -0.2) is 90.2 Å². The predicted octanol–water partition coefficient (Wildman–Crippen LogP) is 4.03. The molecule has 0 saturated carbocycles. The number of piperazine rings is 1. The summed E-state index contributed by atoms with van der Waals surface area (Å²) in [4.78, 5) is 31.4. The number of nitrogens with zero attached hydrogens (tertiary/aromatic N) is 7. The summed E-state index contributed by atoms with van der Waals surface area (Å²) in [6.45, 7) is 7.99. The molecule has 3 unspecified atom stereocenters.